The third-order valence-electron chi connectivity index (χ3n) is 3.17. The third kappa shape index (κ3) is 3.93. The van der Waals surface area contributed by atoms with Gasteiger partial charge in [-0.15, -0.1) is 0 Å². The first-order chi connectivity index (χ1) is 11.2. The summed E-state index contributed by atoms with van der Waals surface area (Å²) in [5, 5.41) is 12.2. The van der Waals surface area contributed by atoms with E-state index in [2.05, 4.69) is 10.3 Å². The smallest absolute Gasteiger partial charge is 0.232 e. The molecule has 1 heterocycles. The molecule has 122 valence electrons. The van der Waals surface area contributed by atoms with E-state index >= 15 is 0 Å². The number of nitrogens with zero attached hydrogens (tertiary/aromatic N) is 2. The third-order valence-corrected chi connectivity index (χ3v) is 3.17. The minimum atomic E-state index is 0.215. The molecule has 0 bridgehead atoms. The van der Waals surface area contributed by atoms with Gasteiger partial charge >= 0.3 is 0 Å². The van der Waals surface area contributed by atoms with Crippen molar-refractivity contribution in [2.75, 3.05) is 39.8 Å². The van der Waals surface area contributed by atoms with E-state index in [-0.39, 0.29) is 5.69 Å². The first-order valence-corrected chi connectivity index (χ1v) is 7.09. The number of aromatic nitrogens is 1. The molecular formula is C16H19N3O4. The average molecular weight is 317 g/mol. The van der Waals surface area contributed by atoms with Gasteiger partial charge in [-0.1, -0.05) is 0 Å². The first-order valence-electron chi connectivity index (χ1n) is 7.09. The van der Waals surface area contributed by atoms with Gasteiger partial charge < -0.3 is 23.9 Å². The summed E-state index contributed by atoms with van der Waals surface area (Å²) in [6, 6.07) is 7.33. The van der Waals surface area contributed by atoms with Crippen LogP contribution in [-0.2, 0) is 4.74 Å². The molecule has 0 saturated carbocycles. The number of hydrogen-bond acceptors (Lipinski definition) is 7. The Morgan fingerprint density at radius 2 is 2.00 bits per heavy atom. The van der Waals surface area contributed by atoms with Crippen LogP contribution >= 0.6 is 0 Å². The molecule has 0 aliphatic carbocycles. The summed E-state index contributed by atoms with van der Waals surface area (Å²) >= 11 is 0. The Balaban J connectivity index is 2.23. The zero-order valence-electron chi connectivity index (χ0n) is 13.4. The summed E-state index contributed by atoms with van der Waals surface area (Å²) in [6.45, 7) is 1.26. The summed E-state index contributed by atoms with van der Waals surface area (Å²) in [5.74, 6) is 1.88. The van der Waals surface area contributed by atoms with E-state index in [0.717, 1.165) is 6.42 Å². The van der Waals surface area contributed by atoms with Crippen molar-refractivity contribution in [3.63, 3.8) is 0 Å². The number of ether oxygens (including phenoxy) is 3. The highest BCUT2D eigenvalue weighted by Crippen LogP contribution is 2.33. The second-order valence-corrected chi connectivity index (χ2v) is 4.65. The van der Waals surface area contributed by atoms with Crippen LogP contribution in [0.3, 0.4) is 0 Å². The highest BCUT2D eigenvalue weighted by molar-refractivity contribution is 5.63. The normalized spacial score (nSPS) is 10.2. The second kappa shape index (κ2) is 8.06. The Kier molecular flexibility index (Phi) is 5.83. The van der Waals surface area contributed by atoms with Gasteiger partial charge in [0.15, 0.2) is 11.5 Å². The summed E-state index contributed by atoms with van der Waals surface area (Å²) in [5.41, 5.74) is 0.913. The Bertz CT molecular complexity index is 691. The van der Waals surface area contributed by atoms with E-state index in [4.69, 9.17) is 18.6 Å². The van der Waals surface area contributed by atoms with Crippen LogP contribution in [-0.4, -0.2) is 39.5 Å². The molecule has 1 N–H and O–H groups in total. The molecule has 0 spiro atoms. The lowest BCUT2D eigenvalue weighted by molar-refractivity contribution is 0.197. The zero-order chi connectivity index (χ0) is 16.7. The fraction of sp³-hybridized carbons (Fsp3) is 0.375. The van der Waals surface area contributed by atoms with Crippen molar-refractivity contribution >= 4 is 5.88 Å². The van der Waals surface area contributed by atoms with Gasteiger partial charge in [0, 0.05) is 25.8 Å². The quantitative estimate of drug-likeness (QED) is 0.749. The van der Waals surface area contributed by atoms with E-state index in [1.54, 1.807) is 39.5 Å². The maximum Gasteiger partial charge on any atom is 0.232 e. The van der Waals surface area contributed by atoms with Gasteiger partial charge in [-0.05, 0) is 24.6 Å². The van der Waals surface area contributed by atoms with Crippen LogP contribution in [0.5, 0.6) is 11.5 Å². The molecule has 7 nitrogen and oxygen atoms in total. The molecule has 0 aliphatic heterocycles. The fourth-order valence-corrected chi connectivity index (χ4v) is 2.03. The second-order valence-electron chi connectivity index (χ2n) is 4.65. The molecule has 0 radical (unpaired) electrons. The van der Waals surface area contributed by atoms with Crippen LogP contribution < -0.4 is 14.8 Å². The molecular weight excluding hydrogens is 298 g/mol. The molecule has 0 atom stereocenters. The predicted octanol–water partition coefficient (Wildman–Crippen LogP) is 2.68. The van der Waals surface area contributed by atoms with Gasteiger partial charge in [0.05, 0.1) is 14.2 Å². The van der Waals surface area contributed by atoms with Crippen molar-refractivity contribution in [3.05, 3.63) is 23.9 Å². The number of hydrogen-bond donors (Lipinski definition) is 1. The molecule has 0 saturated heterocycles. The molecule has 0 fully saturated rings. The lowest BCUT2D eigenvalue weighted by Gasteiger charge is -2.07. The van der Waals surface area contributed by atoms with Gasteiger partial charge in [-0.2, -0.15) is 10.2 Å². The molecule has 2 rings (SSSR count). The van der Waals surface area contributed by atoms with Crippen molar-refractivity contribution in [1.29, 1.82) is 5.26 Å². The Morgan fingerprint density at radius 3 is 2.65 bits per heavy atom. The maximum absolute atomic E-state index is 9.18. The van der Waals surface area contributed by atoms with E-state index in [9.17, 15) is 5.26 Å². The van der Waals surface area contributed by atoms with Crippen molar-refractivity contribution in [1.82, 2.24) is 4.98 Å². The van der Waals surface area contributed by atoms with E-state index in [0.29, 0.717) is 42.0 Å². The van der Waals surface area contributed by atoms with E-state index < -0.39 is 0 Å². The number of benzene rings is 1. The number of nitrogens with one attached hydrogen (secondary N) is 1. The topological polar surface area (TPSA) is 89.5 Å². The van der Waals surface area contributed by atoms with E-state index in [1.807, 2.05) is 6.07 Å². The lowest BCUT2D eigenvalue weighted by Crippen LogP contribution is -2.04. The van der Waals surface area contributed by atoms with Gasteiger partial charge in [0.2, 0.25) is 17.5 Å². The molecule has 1 aromatic carbocycles. The van der Waals surface area contributed by atoms with Gasteiger partial charge in [0.25, 0.3) is 0 Å². The van der Waals surface area contributed by atoms with Crippen LogP contribution in [0.15, 0.2) is 22.6 Å². The van der Waals surface area contributed by atoms with Gasteiger partial charge in [-0.3, -0.25) is 0 Å². The molecule has 7 heteroatoms. The van der Waals surface area contributed by atoms with Crippen molar-refractivity contribution in [3.8, 4) is 29.0 Å². The Hall–Kier alpha value is -2.72. The van der Waals surface area contributed by atoms with Crippen LogP contribution in [0.4, 0.5) is 5.88 Å². The summed E-state index contributed by atoms with van der Waals surface area (Å²) in [7, 11) is 4.77. The number of oxazole rings is 1. The largest absolute Gasteiger partial charge is 0.493 e. The molecule has 0 unspecified atom stereocenters. The van der Waals surface area contributed by atoms with Crippen molar-refractivity contribution in [2.24, 2.45) is 0 Å². The van der Waals surface area contributed by atoms with Crippen LogP contribution in [0.25, 0.3) is 11.5 Å². The molecule has 1 aromatic heterocycles. The van der Waals surface area contributed by atoms with Crippen molar-refractivity contribution in [2.45, 2.75) is 6.42 Å². The molecule has 0 aliphatic rings. The standard InChI is InChI=1S/C16H19N3O4/c1-20-8-4-7-18-16-12(10-17)19-15(23-16)11-5-6-13(21-2)14(9-11)22-3/h5-6,9,18H,4,7-8H2,1-3H3. The number of methoxy groups -OCH3 is 3. The van der Waals surface area contributed by atoms with Crippen LogP contribution in [0.2, 0.25) is 0 Å². The fourth-order valence-electron chi connectivity index (χ4n) is 2.03. The number of nitriles is 1. The highest BCUT2D eigenvalue weighted by atomic mass is 16.5. The van der Waals surface area contributed by atoms with Gasteiger partial charge in [-0.25, -0.2) is 0 Å². The summed E-state index contributed by atoms with van der Waals surface area (Å²) in [6.07, 6.45) is 0.799. The Morgan fingerprint density at radius 1 is 1.22 bits per heavy atom. The average Bonchev–Trinajstić information content (AvgIpc) is 3.01. The minimum absolute atomic E-state index is 0.215. The maximum atomic E-state index is 9.18. The monoisotopic (exact) mass is 317 g/mol. The first kappa shape index (κ1) is 16.6. The summed E-state index contributed by atoms with van der Waals surface area (Å²) in [4.78, 5) is 4.21. The molecule has 2 aromatic rings. The summed E-state index contributed by atoms with van der Waals surface area (Å²) < 4.78 is 21.1. The Labute approximate surface area is 134 Å². The van der Waals surface area contributed by atoms with Crippen LogP contribution in [0, 0.1) is 11.3 Å². The predicted molar refractivity (Wildman–Crippen MR) is 84.7 cm³/mol. The molecule has 23 heavy (non-hydrogen) atoms. The minimum Gasteiger partial charge on any atom is -0.493 e. The highest BCUT2D eigenvalue weighted by Gasteiger charge is 2.16. The lowest BCUT2D eigenvalue weighted by atomic mass is 10.2. The number of anilines is 1. The van der Waals surface area contributed by atoms with Crippen molar-refractivity contribution < 1.29 is 18.6 Å². The van der Waals surface area contributed by atoms with Crippen LogP contribution in [0.1, 0.15) is 12.1 Å². The van der Waals surface area contributed by atoms with E-state index in [1.165, 1.54) is 0 Å². The molecule has 0 amide bonds. The SMILES string of the molecule is COCCCNc1oc(-c2ccc(OC)c(OC)c2)nc1C#N. The van der Waals surface area contributed by atoms with Gasteiger partial charge in [0.1, 0.15) is 6.07 Å². The zero-order valence-corrected chi connectivity index (χ0v) is 13.4. The number of rotatable bonds is 8.